The van der Waals surface area contributed by atoms with Crippen molar-refractivity contribution < 1.29 is 0 Å². The third-order valence-corrected chi connectivity index (χ3v) is 3.83. The van der Waals surface area contributed by atoms with Gasteiger partial charge in [0.25, 0.3) is 0 Å². The van der Waals surface area contributed by atoms with Crippen molar-refractivity contribution in [3.05, 3.63) is 0 Å². The van der Waals surface area contributed by atoms with Gasteiger partial charge < -0.3 is 9.80 Å². The zero-order valence-electron chi connectivity index (χ0n) is 11.0. The molecule has 3 nitrogen and oxygen atoms in total. The van der Waals surface area contributed by atoms with Gasteiger partial charge in [0.1, 0.15) is 0 Å². The van der Waals surface area contributed by atoms with Crippen molar-refractivity contribution >= 4 is 12.6 Å². The lowest BCUT2D eigenvalue weighted by Gasteiger charge is -2.36. The molecule has 0 aromatic rings. The zero-order chi connectivity index (χ0) is 12.0. The SMILES string of the molecule is CC(CS)CN1CCN(CCN(C)C)CC1. The highest BCUT2D eigenvalue weighted by Crippen LogP contribution is 2.06. The Balaban J connectivity index is 2.13. The molecule has 1 rings (SSSR count). The van der Waals surface area contributed by atoms with Crippen molar-refractivity contribution in [2.24, 2.45) is 5.92 Å². The lowest BCUT2D eigenvalue weighted by molar-refractivity contribution is 0.117. The van der Waals surface area contributed by atoms with E-state index in [9.17, 15) is 0 Å². The summed E-state index contributed by atoms with van der Waals surface area (Å²) in [6.07, 6.45) is 0. The summed E-state index contributed by atoms with van der Waals surface area (Å²) >= 11 is 4.35. The van der Waals surface area contributed by atoms with Gasteiger partial charge in [-0.15, -0.1) is 0 Å². The van der Waals surface area contributed by atoms with Gasteiger partial charge in [-0.2, -0.15) is 12.6 Å². The number of nitrogens with zero attached hydrogens (tertiary/aromatic N) is 3. The van der Waals surface area contributed by atoms with E-state index in [1.165, 1.54) is 45.8 Å². The molecule has 0 spiro atoms. The Hall–Kier alpha value is 0.230. The molecule has 0 saturated carbocycles. The van der Waals surface area contributed by atoms with Crippen LogP contribution >= 0.6 is 12.6 Å². The first-order valence-corrected chi connectivity index (χ1v) is 6.95. The van der Waals surface area contributed by atoms with Crippen LogP contribution in [0.2, 0.25) is 0 Å². The minimum atomic E-state index is 0.719. The Kier molecular flexibility index (Phi) is 6.73. The predicted molar refractivity (Wildman–Crippen MR) is 74.5 cm³/mol. The maximum Gasteiger partial charge on any atom is 0.0110 e. The molecule has 0 N–H and O–H groups in total. The summed E-state index contributed by atoms with van der Waals surface area (Å²) in [5.41, 5.74) is 0. The summed E-state index contributed by atoms with van der Waals surface area (Å²) in [4.78, 5) is 7.41. The van der Waals surface area contributed by atoms with E-state index in [2.05, 4.69) is 48.3 Å². The van der Waals surface area contributed by atoms with Crippen LogP contribution in [0.1, 0.15) is 6.92 Å². The number of piperazine rings is 1. The van der Waals surface area contributed by atoms with Crippen LogP contribution in [0.15, 0.2) is 0 Å². The molecule has 1 saturated heterocycles. The maximum atomic E-state index is 4.35. The van der Waals surface area contributed by atoms with E-state index < -0.39 is 0 Å². The van der Waals surface area contributed by atoms with Gasteiger partial charge in [0, 0.05) is 45.8 Å². The van der Waals surface area contributed by atoms with Crippen LogP contribution in [0.25, 0.3) is 0 Å². The van der Waals surface area contributed by atoms with Crippen molar-refractivity contribution in [1.82, 2.24) is 14.7 Å². The molecule has 1 atom stereocenters. The maximum absolute atomic E-state index is 4.35. The number of thiol groups is 1. The van der Waals surface area contributed by atoms with E-state index >= 15 is 0 Å². The van der Waals surface area contributed by atoms with E-state index in [4.69, 9.17) is 0 Å². The fourth-order valence-corrected chi connectivity index (χ4v) is 2.15. The largest absolute Gasteiger partial charge is 0.308 e. The monoisotopic (exact) mass is 245 g/mol. The smallest absolute Gasteiger partial charge is 0.0110 e. The number of hydrogen-bond donors (Lipinski definition) is 1. The Morgan fingerprint density at radius 2 is 1.69 bits per heavy atom. The first kappa shape index (κ1) is 14.3. The van der Waals surface area contributed by atoms with Crippen LogP contribution in [0, 0.1) is 5.92 Å². The quantitative estimate of drug-likeness (QED) is 0.692. The summed E-state index contributed by atoms with van der Waals surface area (Å²) in [6.45, 7) is 10.8. The molecule has 0 aromatic heterocycles. The molecule has 0 amide bonds. The number of rotatable bonds is 6. The number of likely N-dealkylation sites (N-methyl/N-ethyl adjacent to an activating group) is 1. The van der Waals surface area contributed by atoms with Crippen molar-refractivity contribution in [2.75, 3.05) is 65.7 Å². The van der Waals surface area contributed by atoms with Gasteiger partial charge in [-0.3, -0.25) is 4.90 Å². The molecular formula is C12H27N3S. The van der Waals surface area contributed by atoms with Crippen LogP contribution in [-0.2, 0) is 0 Å². The van der Waals surface area contributed by atoms with E-state index in [0.717, 1.165) is 11.7 Å². The second kappa shape index (κ2) is 7.54. The fraction of sp³-hybridized carbons (Fsp3) is 1.00. The van der Waals surface area contributed by atoms with Gasteiger partial charge in [-0.1, -0.05) is 6.92 Å². The molecule has 1 aliphatic heterocycles. The summed E-state index contributed by atoms with van der Waals surface area (Å²) in [5.74, 6) is 1.72. The highest BCUT2D eigenvalue weighted by atomic mass is 32.1. The molecule has 1 fully saturated rings. The summed E-state index contributed by atoms with van der Waals surface area (Å²) < 4.78 is 0. The average Bonchev–Trinajstić information content (AvgIpc) is 2.28. The molecule has 0 radical (unpaired) electrons. The van der Waals surface area contributed by atoms with E-state index in [0.29, 0.717) is 0 Å². The van der Waals surface area contributed by atoms with Gasteiger partial charge in [-0.25, -0.2) is 0 Å². The van der Waals surface area contributed by atoms with Crippen LogP contribution in [-0.4, -0.2) is 80.4 Å². The Labute approximate surface area is 106 Å². The van der Waals surface area contributed by atoms with Gasteiger partial charge in [-0.05, 0) is 25.8 Å². The minimum absolute atomic E-state index is 0.719. The topological polar surface area (TPSA) is 9.72 Å². The summed E-state index contributed by atoms with van der Waals surface area (Å²) in [6, 6.07) is 0. The van der Waals surface area contributed by atoms with Gasteiger partial charge in [0.05, 0.1) is 0 Å². The molecule has 1 aliphatic rings. The highest BCUT2D eigenvalue weighted by molar-refractivity contribution is 7.80. The third kappa shape index (κ3) is 5.53. The third-order valence-electron chi connectivity index (χ3n) is 3.21. The molecule has 0 aromatic carbocycles. The Bertz CT molecular complexity index is 179. The van der Waals surface area contributed by atoms with Crippen LogP contribution in [0.4, 0.5) is 0 Å². The second-order valence-electron chi connectivity index (χ2n) is 5.23. The molecule has 16 heavy (non-hydrogen) atoms. The van der Waals surface area contributed by atoms with E-state index in [1.807, 2.05) is 0 Å². The first-order chi connectivity index (χ1) is 7.61. The molecule has 4 heteroatoms. The highest BCUT2D eigenvalue weighted by Gasteiger charge is 2.17. The molecule has 0 aliphatic carbocycles. The first-order valence-electron chi connectivity index (χ1n) is 6.32. The molecule has 0 bridgehead atoms. The normalized spacial score (nSPS) is 21.6. The van der Waals surface area contributed by atoms with Gasteiger partial charge >= 0.3 is 0 Å². The lowest BCUT2D eigenvalue weighted by atomic mass is 10.2. The van der Waals surface area contributed by atoms with Crippen molar-refractivity contribution in [3.63, 3.8) is 0 Å². The van der Waals surface area contributed by atoms with Crippen LogP contribution in [0.5, 0.6) is 0 Å². The molecular weight excluding hydrogens is 218 g/mol. The van der Waals surface area contributed by atoms with Crippen molar-refractivity contribution in [3.8, 4) is 0 Å². The fourth-order valence-electron chi connectivity index (χ4n) is 2.04. The van der Waals surface area contributed by atoms with Crippen LogP contribution < -0.4 is 0 Å². The Morgan fingerprint density at radius 1 is 1.12 bits per heavy atom. The Morgan fingerprint density at radius 3 is 2.19 bits per heavy atom. The predicted octanol–water partition coefficient (Wildman–Crippen LogP) is 0.731. The summed E-state index contributed by atoms with van der Waals surface area (Å²) in [7, 11) is 4.29. The summed E-state index contributed by atoms with van der Waals surface area (Å²) in [5, 5.41) is 0. The standard InChI is InChI=1S/C12H27N3S/c1-12(11-16)10-15-8-6-14(7-9-15)5-4-13(2)3/h12,16H,4-11H2,1-3H3. The van der Waals surface area contributed by atoms with Crippen molar-refractivity contribution in [1.29, 1.82) is 0 Å². The molecule has 1 unspecified atom stereocenters. The molecule has 96 valence electrons. The van der Waals surface area contributed by atoms with E-state index in [1.54, 1.807) is 0 Å². The van der Waals surface area contributed by atoms with Crippen molar-refractivity contribution in [2.45, 2.75) is 6.92 Å². The second-order valence-corrected chi connectivity index (χ2v) is 5.60. The van der Waals surface area contributed by atoms with Gasteiger partial charge in [0.2, 0.25) is 0 Å². The van der Waals surface area contributed by atoms with Gasteiger partial charge in [0.15, 0.2) is 0 Å². The zero-order valence-corrected chi connectivity index (χ0v) is 11.9. The van der Waals surface area contributed by atoms with E-state index in [-0.39, 0.29) is 0 Å². The minimum Gasteiger partial charge on any atom is -0.308 e. The lowest BCUT2D eigenvalue weighted by Crippen LogP contribution is -2.49. The van der Waals surface area contributed by atoms with Crippen LogP contribution in [0.3, 0.4) is 0 Å². The number of hydrogen-bond acceptors (Lipinski definition) is 4. The molecule has 1 heterocycles. The average molecular weight is 245 g/mol.